The summed E-state index contributed by atoms with van der Waals surface area (Å²) in [6, 6.07) is 7.48. The van der Waals surface area contributed by atoms with Crippen LogP contribution in [0.15, 0.2) is 36.7 Å². The van der Waals surface area contributed by atoms with Crippen LogP contribution < -0.4 is 5.32 Å². The van der Waals surface area contributed by atoms with Gasteiger partial charge in [0.05, 0.1) is 0 Å². The minimum absolute atomic E-state index is 0.00297. The predicted octanol–water partition coefficient (Wildman–Crippen LogP) is 3.24. The Labute approximate surface area is 155 Å². The van der Waals surface area contributed by atoms with E-state index in [0.717, 1.165) is 11.9 Å². The fourth-order valence-corrected chi connectivity index (χ4v) is 2.81. The van der Waals surface area contributed by atoms with Crippen molar-refractivity contribution in [3.63, 3.8) is 0 Å². The van der Waals surface area contributed by atoms with E-state index in [1.54, 1.807) is 39.6 Å². The van der Waals surface area contributed by atoms with Crippen LogP contribution in [0.1, 0.15) is 40.2 Å². The number of fused-ring (bicyclic) bond motifs is 1. The summed E-state index contributed by atoms with van der Waals surface area (Å²) in [4.78, 5) is 26.2. The molecular weight excluding hydrogens is 330 g/mol. The molecule has 0 saturated heterocycles. The third-order valence-electron chi connectivity index (χ3n) is 4.28. The second kappa shape index (κ2) is 7.81. The quantitative estimate of drug-likeness (QED) is 0.891. The second-order valence-electron chi connectivity index (χ2n) is 7.70. The average molecular weight is 359 g/mol. The van der Waals surface area contributed by atoms with E-state index in [2.05, 4.69) is 21.9 Å². The molecular formula is C20H29N3O3. The number of alkyl carbamates (subject to hydrolysis) is 1. The molecule has 26 heavy (non-hydrogen) atoms. The summed E-state index contributed by atoms with van der Waals surface area (Å²) in [6.07, 6.45) is 4.18. The predicted molar refractivity (Wildman–Crippen MR) is 102 cm³/mol. The number of aromatic nitrogens is 1. The number of hydrogen-bond donors (Lipinski definition) is 1. The molecule has 0 radical (unpaired) electrons. The molecule has 2 heterocycles. The van der Waals surface area contributed by atoms with Gasteiger partial charge in [0.1, 0.15) is 11.6 Å². The van der Waals surface area contributed by atoms with Gasteiger partial charge in [-0.25, -0.2) is 4.79 Å². The third kappa shape index (κ3) is 5.00. The van der Waals surface area contributed by atoms with Crippen LogP contribution in [0.25, 0.3) is 5.52 Å². The molecule has 2 aromatic rings. The lowest BCUT2D eigenvalue weighted by molar-refractivity contribution is -0.133. The molecule has 2 amide bonds. The normalized spacial score (nSPS) is 13.9. The van der Waals surface area contributed by atoms with Gasteiger partial charge in [0.2, 0.25) is 5.91 Å². The number of nitrogens with one attached hydrogen (secondary N) is 1. The van der Waals surface area contributed by atoms with Crippen LogP contribution in [-0.4, -0.2) is 46.0 Å². The number of nitrogens with zero attached hydrogens (tertiary/aromatic N) is 2. The lowest BCUT2D eigenvalue weighted by Crippen LogP contribution is -2.49. The largest absolute Gasteiger partial charge is 0.444 e. The van der Waals surface area contributed by atoms with Gasteiger partial charge in [-0.2, -0.15) is 0 Å². The highest BCUT2D eigenvalue weighted by molar-refractivity contribution is 5.85. The smallest absolute Gasteiger partial charge is 0.408 e. The van der Waals surface area contributed by atoms with Gasteiger partial charge >= 0.3 is 6.09 Å². The van der Waals surface area contributed by atoms with Crippen LogP contribution >= 0.6 is 0 Å². The first-order valence-corrected chi connectivity index (χ1v) is 8.89. The van der Waals surface area contributed by atoms with Crippen molar-refractivity contribution in [2.45, 2.75) is 58.7 Å². The fraction of sp³-hybridized carbons (Fsp3) is 0.500. The van der Waals surface area contributed by atoms with Crippen molar-refractivity contribution in [1.29, 1.82) is 0 Å². The Bertz CT molecular complexity index is 776. The van der Waals surface area contributed by atoms with E-state index >= 15 is 0 Å². The zero-order chi connectivity index (χ0) is 19.5. The summed E-state index contributed by atoms with van der Waals surface area (Å²) >= 11 is 0. The Hall–Kier alpha value is -2.50. The Morgan fingerprint density at radius 3 is 2.54 bits per heavy atom. The van der Waals surface area contributed by atoms with Gasteiger partial charge in [0, 0.05) is 31.0 Å². The Morgan fingerprint density at radius 2 is 1.88 bits per heavy atom. The van der Waals surface area contributed by atoms with Crippen LogP contribution in [0.4, 0.5) is 4.79 Å². The van der Waals surface area contributed by atoms with E-state index in [1.165, 1.54) is 5.56 Å². The molecule has 6 heteroatoms. The van der Waals surface area contributed by atoms with Crippen molar-refractivity contribution in [1.82, 2.24) is 14.6 Å². The van der Waals surface area contributed by atoms with E-state index in [9.17, 15) is 9.59 Å². The molecule has 2 rings (SSSR count). The van der Waals surface area contributed by atoms with Gasteiger partial charge in [-0.3, -0.25) is 4.79 Å². The monoisotopic (exact) mass is 359 g/mol. The molecule has 0 aliphatic carbocycles. The molecule has 0 aliphatic heterocycles. The number of amides is 2. The number of hydrogen-bond acceptors (Lipinski definition) is 3. The molecule has 0 saturated carbocycles. The van der Waals surface area contributed by atoms with E-state index in [1.807, 2.05) is 31.5 Å². The number of rotatable bonds is 5. The molecule has 6 nitrogen and oxygen atoms in total. The zero-order valence-corrected chi connectivity index (χ0v) is 16.4. The van der Waals surface area contributed by atoms with E-state index in [4.69, 9.17) is 4.74 Å². The topological polar surface area (TPSA) is 63.0 Å². The molecule has 1 N–H and O–H groups in total. The van der Waals surface area contributed by atoms with Gasteiger partial charge in [-0.05, 0) is 64.8 Å². The molecule has 0 fully saturated rings. The summed E-state index contributed by atoms with van der Waals surface area (Å²) in [7, 11) is 1.76. The highest BCUT2D eigenvalue weighted by Gasteiger charge is 2.25. The molecule has 142 valence electrons. The molecule has 2 aromatic heterocycles. The van der Waals surface area contributed by atoms with Crippen molar-refractivity contribution < 1.29 is 14.3 Å². The average Bonchev–Trinajstić information content (AvgIpc) is 2.94. The van der Waals surface area contributed by atoms with E-state index < -0.39 is 17.7 Å². The van der Waals surface area contributed by atoms with Gasteiger partial charge in [0.15, 0.2) is 0 Å². The second-order valence-corrected chi connectivity index (χ2v) is 7.70. The van der Waals surface area contributed by atoms with E-state index in [0.29, 0.717) is 0 Å². The van der Waals surface area contributed by atoms with Crippen molar-refractivity contribution in [3.05, 3.63) is 42.2 Å². The third-order valence-corrected chi connectivity index (χ3v) is 4.28. The number of ether oxygens (including phenoxy) is 1. The Balaban J connectivity index is 1.97. The summed E-state index contributed by atoms with van der Waals surface area (Å²) in [5, 5.41) is 2.60. The van der Waals surface area contributed by atoms with Gasteiger partial charge in [-0.1, -0.05) is 6.07 Å². The number of pyridine rings is 1. The lowest BCUT2D eigenvalue weighted by atomic mass is 10.1. The first-order valence-electron chi connectivity index (χ1n) is 8.89. The van der Waals surface area contributed by atoms with Crippen molar-refractivity contribution >= 4 is 17.5 Å². The molecule has 0 aliphatic rings. The van der Waals surface area contributed by atoms with Gasteiger partial charge in [0.25, 0.3) is 0 Å². The molecule has 1 unspecified atom stereocenters. The van der Waals surface area contributed by atoms with Crippen LogP contribution in [0.2, 0.25) is 0 Å². The lowest BCUT2D eigenvalue weighted by Gasteiger charge is -2.28. The molecule has 2 atom stereocenters. The van der Waals surface area contributed by atoms with E-state index in [-0.39, 0.29) is 11.9 Å². The summed E-state index contributed by atoms with van der Waals surface area (Å²) in [5.74, 6) is -0.146. The van der Waals surface area contributed by atoms with Crippen LogP contribution in [0.5, 0.6) is 0 Å². The first kappa shape index (κ1) is 19.8. The molecule has 0 bridgehead atoms. The Kier molecular flexibility index (Phi) is 5.95. The van der Waals surface area contributed by atoms with Crippen LogP contribution in [-0.2, 0) is 16.0 Å². The summed E-state index contributed by atoms with van der Waals surface area (Å²) in [5.41, 5.74) is 1.73. The maximum atomic E-state index is 12.6. The van der Waals surface area contributed by atoms with Gasteiger partial charge < -0.3 is 19.4 Å². The van der Waals surface area contributed by atoms with Crippen molar-refractivity contribution in [2.24, 2.45) is 0 Å². The number of likely N-dealkylation sites (N-methyl/N-ethyl adjacent to an activating group) is 1. The summed E-state index contributed by atoms with van der Waals surface area (Å²) in [6.45, 7) is 9.04. The number of carbonyl (C=O) groups is 2. The SMILES string of the molecule is CC(Cc1ccn2ccccc12)N(C)C(=O)[C@@H](C)NC(=O)OC(C)(C)C. The fourth-order valence-electron chi connectivity index (χ4n) is 2.81. The first-order chi connectivity index (χ1) is 12.1. The minimum Gasteiger partial charge on any atom is -0.444 e. The zero-order valence-electron chi connectivity index (χ0n) is 16.4. The highest BCUT2D eigenvalue weighted by atomic mass is 16.6. The Morgan fingerprint density at radius 1 is 1.19 bits per heavy atom. The maximum absolute atomic E-state index is 12.6. The highest BCUT2D eigenvalue weighted by Crippen LogP contribution is 2.16. The molecule has 0 spiro atoms. The van der Waals surface area contributed by atoms with Gasteiger partial charge in [-0.15, -0.1) is 0 Å². The maximum Gasteiger partial charge on any atom is 0.408 e. The number of carbonyl (C=O) groups excluding carboxylic acids is 2. The van der Waals surface area contributed by atoms with Crippen LogP contribution in [0.3, 0.4) is 0 Å². The van der Waals surface area contributed by atoms with Crippen molar-refractivity contribution in [3.8, 4) is 0 Å². The standard InChI is InChI=1S/C20H29N3O3/c1-14(13-16-10-12-23-11-8-7-9-17(16)23)22(6)18(24)15(2)21-19(25)26-20(3,4)5/h7-12,14-15H,13H2,1-6H3,(H,21,25)/t14?,15-/m1/s1. The molecule has 0 aromatic carbocycles. The van der Waals surface area contributed by atoms with Crippen molar-refractivity contribution in [2.75, 3.05) is 7.05 Å². The summed E-state index contributed by atoms with van der Waals surface area (Å²) < 4.78 is 7.27. The minimum atomic E-state index is -0.650. The van der Waals surface area contributed by atoms with Crippen LogP contribution in [0, 0.1) is 0 Å².